The summed E-state index contributed by atoms with van der Waals surface area (Å²) in [7, 11) is -3.93. The van der Waals surface area contributed by atoms with E-state index in [2.05, 4.69) is 4.40 Å². The van der Waals surface area contributed by atoms with Crippen molar-refractivity contribution in [3.05, 3.63) is 39.9 Å². The van der Waals surface area contributed by atoms with Crippen LogP contribution in [0.1, 0.15) is 0 Å². The van der Waals surface area contributed by atoms with E-state index < -0.39 is 21.0 Å². The Kier molecular flexibility index (Phi) is 3.10. The standard InChI is InChI=1S/C10H7ClN2O4S/c11-7-3-1-2-4-8(7)17-10(14)6-5-13-18(15,16)9(6)12/h1-5H,12H2. The van der Waals surface area contributed by atoms with Crippen LogP contribution >= 0.6 is 11.6 Å². The Balaban J connectivity index is 2.29. The van der Waals surface area contributed by atoms with Gasteiger partial charge in [-0.2, -0.15) is 12.8 Å². The average molecular weight is 287 g/mol. The number of hydrogen-bond acceptors (Lipinski definition) is 5. The van der Waals surface area contributed by atoms with Gasteiger partial charge in [-0.05, 0) is 12.1 Å². The number of carbonyl (C=O) groups is 1. The molecule has 1 aromatic carbocycles. The Morgan fingerprint density at radius 3 is 2.56 bits per heavy atom. The van der Waals surface area contributed by atoms with Crippen LogP contribution in [0.25, 0.3) is 0 Å². The molecule has 0 atom stereocenters. The van der Waals surface area contributed by atoms with Crippen molar-refractivity contribution in [2.45, 2.75) is 0 Å². The van der Waals surface area contributed by atoms with Crippen molar-refractivity contribution >= 4 is 33.8 Å². The van der Waals surface area contributed by atoms with Gasteiger partial charge in [0, 0.05) is 0 Å². The first-order valence-corrected chi connectivity index (χ1v) is 6.50. The molecule has 0 saturated carbocycles. The normalized spacial score (nSPS) is 16.9. The topological polar surface area (TPSA) is 98.8 Å². The van der Waals surface area contributed by atoms with Crippen LogP contribution in [0.5, 0.6) is 5.75 Å². The number of halogens is 1. The van der Waals surface area contributed by atoms with Gasteiger partial charge in [0.15, 0.2) is 5.03 Å². The van der Waals surface area contributed by atoms with E-state index in [0.29, 0.717) is 0 Å². The number of carbonyl (C=O) groups excluding carboxylic acids is 1. The van der Waals surface area contributed by atoms with E-state index in [0.717, 1.165) is 6.21 Å². The molecular formula is C10H7ClN2O4S. The molecule has 0 radical (unpaired) electrons. The third-order valence-corrected chi connectivity index (χ3v) is 3.59. The first kappa shape index (κ1) is 12.6. The highest BCUT2D eigenvalue weighted by molar-refractivity contribution is 7.94. The van der Waals surface area contributed by atoms with E-state index in [9.17, 15) is 13.2 Å². The van der Waals surface area contributed by atoms with Crippen molar-refractivity contribution in [3.8, 4) is 5.75 Å². The molecule has 18 heavy (non-hydrogen) atoms. The van der Waals surface area contributed by atoms with Crippen LogP contribution in [0.3, 0.4) is 0 Å². The number of benzene rings is 1. The lowest BCUT2D eigenvalue weighted by molar-refractivity contribution is -0.129. The average Bonchev–Trinajstić information content (AvgIpc) is 2.58. The fourth-order valence-electron chi connectivity index (χ4n) is 1.22. The number of rotatable bonds is 2. The van der Waals surface area contributed by atoms with Gasteiger partial charge in [0.1, 0.15) is 11.3 Å². The molecule has 2 rings (SSSR count). The minimum atomic E-state index is -3.93. The SMILES string of the molecule is NC1=C(C(=O)Oc2ccccc2Cl)C=NS1(=O)=O. The minimum Gasteiger partial charge on any atom is -0.421 e. The van der Waals surface area contributed by atoms with Gasteiger partial charge in [-0.25, -0.2) is 4.79 Å². The van der Waals surface area contributed by atoms with Gasteiger partial charge in [0.25, 0.3) is 10.0 Å². The first-order chi connectivity index (χ1) is 8.42. The Bertz CT molecular complexity index is 679. The molecule has 0 unspecified atom stereocenters. The molecule has 0 amide bonds. The van der Waals surface area contributed by atoms with Crippen molar-refractivity contribution in [3.63, 3.8) is 0 Å². The zero-order chi connectivity index (χ0) is 13.3. The molecule has 1 heterocycles. The molecule has 0 aromatic heterocycles. The van der Waals surface area contributed by atoms with Gasteiger partial charge in [0.2, 0.25) is 0 Å². The summed E-state index contributed by atoms with van der Waals surface area (Å²) in [5.41, 5.74) is 4.97. The molecule has 0 aliphatic carbocycles. The Morgan fingerprint density at radius 2 is 2.00 bits per heavy atom. The summed E-state index contributed by atoms with van der Waals surface area (Å²) in [5, 5.41) is -0.401. The second kappa shape index (κ2) is 4.43. The van der Waals surface area contributed by atoms with Crippen molar-refractivity contribution < 1.29 is 17.9 Å². The number of para-hydroxylation sites is 1. The minimum absolute atomic E-state index is 0.113. The molecule has 0 fully saturated rings. The largest absolute Gasteiger partial charge is 0.421 e. The van der Waals surface area contributed by atoms with Gasteiger partial charge < -0.3 is 10.5 Å². The van der Waals surface area contributed by atoms with Crippen LogP contribution in [-0.2, 0) is 14.8 Å². The molecule has 94 valence electrons. The molecule has 1 aliphatic rings. The third-order valence-electron chi connectivity index (χ3n) is 2.12. The quantitative estimate of drug-likeness (QED) is 0.641. The maximum Gasteiger partial charge on any atom is 0.348 e. The van der Waals surface area contributed by atoms with E-state index in [1.807, 2.05) is 0 Å². The summed E-state index contributed by atoms with van der Waals surface area (Å²) in [6.07, 6.45) is 0.851. The number of hydrogen-bond donors (Lipinski definition) is 1. The zero-order valence-electron chi connectivity index (χ0n) is 8.83. The molecule has 0 spiro atoms. The molecule has 1 aromatic rings. The highest BCUT2D eigenvalue weighted by Crippen LogP contribution is 2.25. The molecule has 0 bridgehead atoms. The van der Waals surface area contributed by atoms with E-state index in [-0.39, 0.29) is 16.3 Å². The van der Waals surface area contributed by atoms with Gasteiger partial charge in [-0.15, -0.1) is 0 Å². The number of ether oxygens (including phenoxy) is 1. The maximum absolute atomic E-state index is 11.7. The molecule has 8 heteroatoms. The van der Waals surface area contributed by atoms with Crippen molar-refractivity contribution in [1.82, 2.24) is 0 Å². The molecule has 2 N–H and O–H groups in total. The van der Waals surface area contributed by atoms with Crippen LogP contribution in [0.4, 0.5) is 0 Å². The first-order valence-electron chi connectivity index (χ1n) is 4.68. The summed E-state index contributed by atoms with van der Waals surface area (Å²) >= 11 is 5.79. The molecular weight excluding hydrogens is 280 g/mol. The zero-order valence-corrected chi connectivity index (χ0v) is 10.4. The van der Waals surface area contributed by atoms with Gasteiger partial charge in [-0.3, -0.25) is 0 Å². The highest BCUT2D eigenvalue weighted by atomic mass is 35.5. The lowest BCUT2D eigenvalue weighted by Gasteiger charge is -2.05. The molecule has 1 aliphatic heterocycles. The van der Waals surface area contributed by atoms with Gasteiger partial charge in [0.05, 0.1) is 11.2 Å². The highest BCUT2D eigenvalue weighted by Gasteiger charge is 2.29. The Morgan fingerprint density at radius 1 is 1.33 bits per heavy atom. The number of esters is 1. The lowest BCUT2D eigenvalue weighted by atomic mass is 10.3. The van der Waals surface area contributed by atoms with Gasteiger partial charge >= 0.3 is 5.97 Å². The fraction of sp³-hybridized carbons (Fsp3) is 0. The van der Waals surface area contributed by atoms with Crippen LogP contribution in [0.2, 0.25) is 5.02 Å². The molecule has 0 saturated heterocycles. The summed E-state index contributed by atoms with van der Waals surface area (Å²) in [6, 6.07) is 6.28. The smallest absolute Gasteiger partial charge is 0.348 e. The number of sulfonamides is 1. The number of nitrogens with two attached hydrogens (primary N) is 1. The summed E-state index contributed by atoms with van der Waals surface area (Å²) in [6.45, 7) is 0. The van der Waals surface area contributed by atoms with Gasteiger partial charge in [-0.1, -0.05) is 23.7 Å². The monoisotopic (exact) mass is 286 g/mol. The Hall–Kier alpha value is -1.86. The van der Waals surface area contributed by atoms with Crippen LogP contribution < -0.4 is 10.5 Å². The summed E-state index contributed by atoms with van der Waals surface area (Å²) in [4.78, 5) is 11.7. The van der Waals surface area contributed by atoms with Crippen LogP contribution in [0, 0.1) is 0 Å². The predicted octanol–water partition coefficient (Wildman–Crippen LogP) is 0.830. The fourth-order valence-corrected chi connectivity index (χ4v) is 2.16. The maximum atomic E-state index is 11.7. The second-order valence-corrected chi connectivity index (χ2v) is 5.32. The Labute approximate surface area is 108 Å². The van der Waals surface area contributed by atoms with Crippen molar-refractivity contribution in [2.75, 3.05) is 0 Å². The van der Waals surface area contributed by atoms with E-state index in [1.165, 1.54) is 12.1 Å². The van der Waals surface area contributed by atoms with Crippen molar-refractivity contribution in [2.24, 2.45) is 10.1 Å². The second-order valence-electron chi connectivity index (χ2n) is 3.31. The van der Waals surface area contributed by atoms with E-state index in [4.69, 9.17) is 22.1 Å². The van der Waals surface area contributed by atoms with E-state index >= 15 is 0 Å². The summed E-state index contributed by atoms with van der Waals surface area (Å²) in [5.74, 6) is -0.812. The van der Waals surface area contributed by atoms with Crippen LogP contribution in [0.15, 0.2) is 39.3 Å². The van der Waals surface area contributed by atoms with E-state index in [1.54, 1.807) is 12.1 Å². The van der Waals surface area contributed by atoms with Crippen LogP contribution in [-0.4, -0.2) is 20.6 Å². The summed E-state index contributed by atoms with van der Waals surface area (Å²) < 4.78 is 30.4. The number of nitrogens with zero attached hydrogens (tertiary/aromatic N) is 1. The van der Waals surface area contributed by atoms with Crippen molar-refractivity contribution in [1.29, 1.82) is 0 Å². The predicted molar refractivity (Wildman–Crippen MR) is 65.7 cm³/mol. The third kappa shape index (κ3) is 2.22. The lowest BCUT2D eigenvalue weighted by Crippen LogP contribution is -2.17. The molecule has 6 nitrogen and oxygen atoms in total.